The van der Waals surface area contributed by atoms with E-state index in [2.05, 4.69) is 44.4 Å². The topological polar surface area (TPSA) is 49.6 Å². The second-order valence-electron chi connectivity index (χ2n) is 8.18. The van der Waals surface area contributed by atoms with Crippen molar-refractivity contribution in [2.24, 2.45) is 23.5 Å². The molecule has 2 fully saturated rings. The molecule has 1 aliphatic heterocycles. The van der Waals surface area contributed by atoms with E-state index in [-0.39, 0.29) is 17.5 Å². The first-order valence-corrected chi connectivity index (χ1v) is 8.49. The summed E-state index contributed by atoms with van der Waals surface area (Å²) in [6.07, 6.45) is 1.94. The maximum absolute atomic E-state index is 12.8. The highest BCUT2D eigenvalue weighted by Crippen LogP contribution is 2.34. The van der Waals surface area contributed by atoms with E-state index in [4.69, 9.17) is 5.73 Å². The van der Waals surface area contributed by atoms with Gasteiger partial charge >= 0.3 is 0 Å². The van der Waals surface area contributed by atoms with E-state index in [0.29, 0.717) is 17.7 Å². The van der Waals surface area contributed by atoms with Crippen LogP contribution in [0.4, 0.5) is 0 Å². The zero-order chi connectivity index (χ0) is 15.8. The first-order chi connectivity index (χ1) is 9.70. The standard InChI is InChI=1S/C17H33N3O/c1-12-10-13(2)15(18)11-14(12)16(21)19-6-8-20(9-7-19)17(3,4)5/h12-15H,6-11,18H2,1-5H3. The molecular formula is C17H33N3O. The molecule has 4 heteroatoms. The molecule has 0 spiro atoms. The second kappa shape index (κ2) is 6.25. The third kappa shape index (κ3) is 3.78. The highest BCUT2D eigenvalue weighted by atomic mass is 16.2. The van der Waals surface area contributed by atoms with Crippen LogP contribution in [0.15, 0.2) is 0 Å². The van der Waals surface area contributed by atoms with E-state index < -0.39 is 0 Å². The monoisotopic (exact) mass is 295 g/mol. The normalized spacial score (nSPS) is 35.8. The molecule has 0 aromatic heterocycles. The quantitative estimate of drug-likeness (QED) is 0.804. The zero-order valence-electron chi connectivity index (χ0n) is 14.4. The van der Waals surface area contributed by atoms with Gasteiger partial charge in [0.05, 0.1) is 0 Å². The summed E-state index contributed by atoms with van der Waals surface area (Å²) >= 11 is 0. The minimum absolute atomic E-state index is 0.136. The Balaban J connectivity index is 1.93. The smallest absolute Gasteiger partial charge is 0.226 e. The molecule has 122 valence electrons. The molecule has 0 bridgehead atoms. The van der Waals surface area contributed by atoms with Crippen molar-refractivity contribution < 1.29 is 4.79 Å². The highest BCUT2D eigenvalue weighted by molar-refractivity contribution is 5.79. The van der Waals surface area contributed by atoms with Gasteiger partial charge in [0, 0.05) is 43.7 Å². The van der Waals surface area contributed by atoms with Crippen LogP contribution in [-0.2, 0) is 4.79 Å². The van der Waals surface area contributed by atoms with Gasteiger partial charge < -0.3 is 10.6 Å². The van der Waals surface area contributed by atoms with Gasteiger partial charge in [-0.05, 0) is 45.4 Å². The maximum atomic E-state index is 12.8. The fourth-order valence-corrected chi connectivity index (χ4v) is 3.86. The van der Waals surface area contributed by atoms with Crippen molar-refractivity contribution in [3.05, 3.63) is 0 Å². The van der Waals surface area contributed by atoms with E-state index in [1.165, 1.54) is 0 Å². The lowest BCUT2D eigenvalue weighted by atomic mass is 9.72. The Morgan fingerprint density at radius 3 is 2.10 bits per heavy atom. The molecule has 0 radical (unpaired) electrons. The van der Waals surface area contributed by atoms with Crippen LogP contribution in [0.5, 0.6) is 0 Å². The van der Waals surface area contributed by atoms with Crippen molar-refractivity contribution in [1.29, 1.82) is 0 Å². The van der Waals surface area contributed by atoms with E-state index in [0.717, 1.165) is 39.0 Å². The SMILES string of the molecule is CC1CC(C)C(C(=O)N2CCN(C(C)(C)C)CC2)CC1N. The first kappa shape index (κ1) is 16.8. The molecule has 1 saturated heterocycles. The third-order valence-corrected chi connectivity index (χ3v) is 5.54. The summed E-state index contributed by atoms with van der Waals surface area (Å²) in [5, 5.41) is 0. The van der Waals surface area contributed by atoms with Crippen LogP contribution in [0.25, 0.3) is 0 Å². The molecule has 1 saturated carbocycles. The van der Waals surface area contributed by atoms with Gasteiger partial charge in [-0.15, -0.1) is 0 Å². The van der Waals surface area contributed by atoms with Gasteiger partial charge in [-0.3, -0.25) is 9.69 Å². The zero-order valence-corrected chi connectivity index (χ0v) is 14.4. The van der Waals surface area contributed by atoms with Crippen LogP contribution in [-0.4, -0.2) is 53.5 Å². The molecule has 1 heterocycles. The molecule has 4 nitrogen and oxygen atoms in total. The largest absolute Gasteiger partial charge is 0.340 e. The fourth-order valence-electron chi connectivity index (χ4n) is 3.86. The molecule has 0 aromatic carbocycles. The first-order valence-electron chi connectivity index (χ1n) is 8.49. The molecule has 1 aliphatic carbocycles. The lowest BCUT2D eigenvalue weighted by molar-refractivity contribution is -0.141. The molecule has 0 aromatic rings. The number of amides is 1. The highest BCUT2D eigenvalue weighted by Gasteiger charge is 2.38. The van der Waals surface area contributed by atoms with Crippen LogP contribution in [0.3, 0.4) is 0 Å². The van der Waals surface area contributed by atoms with Crippen molar-refractivity contribution in [1.82, 2.24) is 9.80 Å². The lowest BCUT2D eigenvalue weighted by Gasteiger charge is -2.44. The molecule has 2 N–H and O–H groups in total. The van der Waals surface area contributed by atoms with Gasteiger partial charge in [0.2, 0.25) is 5.91 Å². The number of carbonyl (C=O) groups excluding carboxylic acids is 1. The van der Waals surface area contributed by atoms with Crippen LogP contribution >= 0.6 is 0 Å². The van der Waals surface area contributed by atoms with E-state index >= 15 is 0 Å². The van der Waals surface area contributed by atoms with Crippen LogP contribution < -0.4 is 5.73 Å². The van der Waals surface area contributed by atoms with Crippen molar-refractivity contribution in [3.63, 3.8) is 0 Å². The van der Waals surface area contributed by atoms with E-state index in [1.807, 2.05) is 0 Å². The number of nitrogens with zero attached hydrogens (tertiary/aromatic N) is 2. The number of nitrogens with two attached hydrogens (primary N) is 1. The number of piperazine rings is 1. The number of hydrogen-bond acceptors (Lipinski definition) is 3. The number of hydrogen-bond donors (Lipinski definition) is 1. The minimum Gasteiger partial charge on any atom is -0.340 e. The second-order valence-corrected chi connectivity index (χ2v) is 8.18. The van der Waals surface area contributed by atoms with Gasteiger partial charge in [-0.25, -0.2) is 0 Å². The van der Waals surface area contributed by atoms with Gasteiger partial charge in [0.15, 0.2) is 0 Å². The predicted molar refractivity (Wildman–Crippen MR) is 86.9 cm³/mol. The number of rotatable bonds is 1. The van der Waals surface area contributed by atoms with Crippen LogP contribution in [0, 0.1) is 17.8 Å². The predicted octanol–water partition coefficient (Wildman–Crippen LogP) is 1.94. The van der Waals surface area contributed by atoms with E-state index in [9.17, 15) is 4.79 Å². The molecule has 4 atom stereocenters. The summed E-state index contributed by atoms with van der Waals surface area (Å²) < 4.78 is 0. The molecule has 4 unspecified atom stereocenters. The average Bonchev–Trinajstić information content (AvgIpc) is 2.41. The van der Waals surface area contributed by atoms with E-state index in [1.54, 1.807) is 0 Å². The van der Waals surface area contributed by atoms with Gasteiger partial charge in [-0.1, -0.05) is 13.8 Å². The Labute approximate surface area is 130 Å². The third-order valence-electron chi connectivity index (χ3n) is 5.54. The van der Waals surface area contributed by atoms with Crippen molar-refractivity contribution in [2.75, 3.05) is 26.2 Å². The average molecular weight is 295 g/mol. The van der Waals surface area contributed by atoms with Crippen LogP contribution in [0.2, 0.25) is 0 Å². The Morgan fingerprint density at radius 2 is 1.57 bits per heavy atom. The van der Waals surface area contributed by atoms with Crippen molar-refractivity contribution in [3.8, 4) is 0 Å². The molecule has 21 heavy (non-hydrogen) atoms. The summed E-state index contributed by atoms with van der Waals surface area (Å²) in [6.45, 7) is 14.9. The molecule has 1 amide bonds. The minimum atomic E-state index is 0.136. The Hall–Kier alpha value is -0.610. The van der Waals surface area contributed by atoms with Crippen molar-refractivity contribution in [2.45, 2.75) is 59.0 Å². The summed E-state index contributed by atoms with van der Waals surface area (Å²) in [5.74, 6) is 1.49. The van der Waals surface area contributed by atoms with Gasteiger partial charge in [0.25, 0.3) is 0 Å². The van der Waals surface area contributed by atoms with Gasteiger partial charge in [-0.2, -0.15) is 0 Å². The molecule has 2 aliphatic rings. The van der Waals surface area contributed by atoms with Crippen LogP contribution in [0.1, 0.15) is 47.5 Å². The van der Waals surface area contributed by atoms with Gasteiger partial charge in [0.1, 0.15) is 0 Å². The lowest BCUT2D eigenvalue weighted by Crippen LogP contribution is -2.56. The summed E-state index contributed by atoms with van der Waals surface area (Å²) in [4.78, 5) is 17.4. The Kier molecular flexibility index (Phi) is 4.99. The summed E-state index contributed by atoms with van der Waals surface area (Å²) in [5.41, 5.74) is 6.40. The number of carbonyl (C=O) groups is 1. The summed E-state index contributed by atoms with van der Waals surface area (Å²) in [7, 11) is 0. The summed E-state index contributed by atoms with van der Waals surface area (Å²) in [6, 6.07) is 0.186. The van der Waals surface area contributed by atoms with Crippen molar-refractivity contribution >= 4 is 5.91 Å². The Morgan fingerprint density at radius 1 is 1.00 bits per heavy atom. The molecular weight excluding hydrogens is 262 g/mol. The Bertz CT molecular complexity index is 369. The fraction of sp³-hybridized carbons (Fsp3) is 0.941. The maximum Gasteiger partial charge on any atom is 0.226 e. The molecule has 2 rings (SSSR count).